The molecule has 27 heavy (non-hydrogen) atoms. The number of halogens is 3. The maximum Gasteiger partial charge on any atom is 0.435 e. The summed E-state index contributed by atoms with van der Waals surface area (Å²) in [4.78, 5) is 7.49. The summed E-state index contributed by atoms with van der Waals surface area (Å²) in [6.45, 7) is -0.0955. The molecule has 0 atom stereocenters. The summed E-state index contributed by atoms with van der Waals surface area (Å²) in [5.41, 5.74) is 2.68. The first kappa shape index (κ1) is 17.2. The number of nitrogens with zero attached hydrogens (tertiary/aromatic N) is 4. The first-order valence-electron chi connectivity index (χ1n) is 8.05. The summed E-state index contributed by atoms with van der Waals surface area (Å²) < 4.78 is 39.7. The Morgan fingerprint density at radius 2 is 1.74 bits per heavy atom. The molecule has 0 amide bonds. The van der Waals surface area contributed by atoms with Crippen molar-refractivity contribution in [1.29, 1.82) is 0 Å². The Hall–Kier alpha value is -3.26. The van der Waals surface area contributed by atoms with Crippen molar-refractivity contribution < 1.29 is 18.3 Å². The van der Waals surface area contributed by atoms with Gasteiger partial charge in [-0.15, -0.1) is 0 Å². The highest BCUT2D eigenvalue weighted by Gasteiger charge is 2.33. The van der Waals surface area contributed by atoms with Gasteiger partial charge >= 0.3 is 6.18 Å². The number of aromatic nitrogens is 4. The van der Waals surface area contributed by atoms with Crippen LogP contribution in [-0.2, 0) is 12.8 Å². The van der Waals surface area contributed by atoms with Crippen molar-refractivity contribution in [2.75, 3.05) is 0 Å². The lowest BCUT2D eigenvalue weighted by molar-refractivity contribution is -0.141. The van der Waals surface area contributed by atoms with E-state index in [1.807, 2.05) is 48.5 Å². The van der Waals surface area contributed by atoms with Gasteiger partial charge in [-0.3, -0.25) is 0 Å². The minimum atomic E-state index is -4.57. The molecule has 0 fully saturated rings. The van der Waals surface area contributed by atoms with Crippen molar-refractivity contribution >= 4 is 5.78 Å². The first-order chi connectivity index (χ1) is 13.0. The molecule has 2 heterocycles. The number of imidazole rings is 1. The van der Waals surface area contributed by atoms with Crippen LogP contribution in [0.15, 0.2) is 60.9 Å². The lowest BCUT2D eigenvalue weighted by atomic mass is 9.98. The molecule has 0 unspecified atom stereocenters. The second-order valence-electron chi connectivity index (χ2n) is 5.89. The van der Waals surface area contributed by atoms with Gasteiger partial charge in [0, 0.05) is 5.56 Å². The molecule has 2 aromatic heterocycles. The normalized spacial score (nSPS) is 11.9. The van der Waals surface area contributed by atoms with E-state index >= 15 is 0 Å². The quantitative estimate of drug-likeness (QED) is 0.593. The van der Waals surface area contributed by atoms with E-state index in [1.165, 1.54) is 10.7 Å². The molecule has 136 valence electrons. The van der Waals surface area contributed by atoms with Crippen LogP contribution in [0.5, 0.6) is 0 Å². The number of hydrogen-bond donors (Lipinski definition) is 1. The van der Waals surface area contributed by atoms with Gasteiger partial charge in [-0.1, -0.05) is 42.5 Å². The molecule has 2 aromatic carbocycles. The van der Waals surface area contributed by atoms with Gasteiger partial charge in [0.1, 0.15) is 0 Å². The highest BCUT2D eigenvalue weighted by atomic mass is 19.4. The zero-order valence-corrected chi connectivity index (χ0v) is 13.9. The summed E-state index contributed by atoms with van der Waals surface area (Å²) in [6.07, 6.45) is -2.45. The van der Waals surface area contributed by atoms with Crippen LogP contribution in [0.1, 0.15) is 11.3 Å². The van der Waals surface area contributed by atoms with Gasteiger partial charge in [-0.05, 0) is 22.8 Å². The number of alkyl halides is 3. The molecule has 0 aliphatic rings. The maximum absolute atomic E-state index is 12.8. The number of aliphatic hydroxyl groups excluding tert-OH is 1. The predicted molar refractivity (Wildman–Crippen MR) is 92.6 cm³/mol. The zero-order chi connectivity index (χ0) is 19.0. The Kier molecular flexibility index (Phi) is 4.12. The van der Waals surface area contributed by atoms with Gasteiger partial charge in [-0.25, -0.2) is 9.97 Å². The number of fused-ring (bicyclic) bond motifs is 1. The van der Waals surface area contributed by atoms with Gasteiger partial charge in [0.25, 0.3) is 5.78 Å². The third-order valence-electron chi connectivity index (χ3n) is 4.18. The Labute approximate surface area is 151 Å². The molecule has 0 saturated heterocycles. The van der Waals surface area contributed by atoms with Crippen LogP contribution >= 0.6 is 0 Å². The van der Waals surface area contributed by atoms with Crippen LogP contribution in [0.25, 0.3) is 28.2 Å². The third kappa shape index (κ3) is 3.15. The second-order valence-corrected chi connectivity index (χ2v) is 5.89. The highest BCUT2D eigenvalue weighted by molar-refractivity contribution is 5.74. The molecule has 0 bridgehead atoms. The van der Waals surface area contributed by atoms with Gasteiger partial charge < -0.3 is 5.11 Å². The van der Waals surface area contributed by atoms with E-state index in [9.17, 15) is 18.3 Å². The summed E-state index contributed by atoms with van der Waals surface area (Å²) in [6, 6.07) is 14.9. The Balaban J connectivity index is 1.81. The lowest BCUT2D eigenvalue weighted by Crippen LogP contribution is -2.11. The fourth-order valence-corrected chi connectivity index (χ4v) is 2.89. The first-order valence-corrected chi connectivity index (χ1v) is 8.05. The molecular formula is C19H13F3N4O. The summed E-state index contributed by atoms with van der Waals surface area (Å²) in [5.74, 6) is -0.124. The number of rotatable bonds is 3. The van der Waals surface area contributed by atoms with Crippen molar-refractivity contribution in [2.45, 2.75) is 12.8 Å². The van der Waals surface area contributed by atoms with Crippen molar-refractivity contribution in [3.8, 4) is 22.4 Å². The molecule has 8 heteroatoms. The topological polar surface area (TPSA) is 63.3 Å². The third-order valence-corrected chi connectivity index (χ3v) is 4.18. The van der Waals surface area contributed by atoms with Crippen LogP contribution in [0, 0.1) is 0 Å². The van der Waals surface area contributed by atoms with Gasteiger partial charge in [0.05, 0.1) is 24.7 Å². The molecule has 0 radical (unpaired) electrons. The van der Waals surface area contributed by atoms with Crippen molar-refractivity contribution in [2.24, 2.45) is 0 Å². The van der Waals surface area contributed by atoms with Crippen LogP contribution in [0.2, 0.25) is 0 Å². The smallest absolute Gasteiger partial charge is 0.392 e. The van der Waals surface area contributed by atoms with E-state index in [2.05, 4.69) is 15.1 Å². The Bertz CT molecular complexity index is 1120. The Morgan fingerprint density at radius 3 is 2.52 bits per heavy atom. The maximum atomic E-state index is 12.8. The van der Waals surface area contributed by atoms with E-state index in [0.29, 0.717) is 11.9 Å². The fourth-order valence-electron chi connectivity index (χ4n) is 2.89. The van der Waals surface area contributed by atoms with Crippen molar-refractivity contribution in [3.63, 3.8) is 0 Å². The van der Waals surface area contributed by atoms with Gasteiger partial charge in [-0.2, -0.15) is 22.8 Å². The van der Waals surface area contributed by atoms with E-state index in [1.54, 1.807) is 0 Å². The number of benzene rings is 2. The summed E-state index contributed by atoms with van der Waals surface area (Å²) in [5, 5.41) is 13.4. The minimum Gasteiger partial charge on any atom is -0.392 e. The highest BCUT2D eigenvalue weighted by Crippen LogP contribution is 2.30. The van der Waals surface area contributed by atoms with E-state index in [-0.39, 0.29) is 12.4 Å². The minimum absolute atomic E-state index is 0.0955. The Morgan fingerprint density at radius 1 is 0.963 bits per heavy atom. The predicted octanol–water partition coefficient (Wildman–Crippen LogP) is 3.97. The summed E-state index contributed by atoms with van der Waals surface area (Å²) in [7, 11) is 0. The second kappa shape index (κ2) is 6.48. The molecule has 4 aromatic rings. The van der Waals surface area contributed by atoms with Crippen molar-refractivity contribution in [3.05, 3.63) is 72.2 Å². The van der Waals surface area contributed by atoms with Crippen LogP contribution in [0.3, 0.4) is 0 Å². The van der Waals surface area contributed by atoms with E-state index in [0.717, 1.165) is 22.3 Å². The molecule has 0 spiro atoms. The SMILES string of the molecule is OCc1ccccc1-c1cccc(-c2cnc3nc(C(F)(F)F)cnn23)c1. The zero-order valence-electron chi connectivity index (χ0n) is 13.9. The van der Waals surface area contributed by atoms with Crippen LogP contribution in [-0.4, -0.2) is 24.7 Å². The fraction of sp³-hybridized carbons (Fsp3) is 0.105. The van der Waals surface area contributed by atoms with Gasteiger partial charge in [0.15, 0.2) is 5.69 Å². The standard InChI is InChI=1S/C19H13F3N4O/c20-19(21,22)17-10-24-26-16(9-23-18(26)25-17)13-6-3-5-12(8-13)15-7-2-1-4-14(15)11-27/h1-10,27H,11H2. The molecule has 1 N–H and O–H groups in total. The molecule has 0 saturated carbocycles. The monoisotopic (exact) mass is 370 g/mol. The van der Waals surface area contributed by atoms with Crippen molar-refractivity contribution in [1.82, 2.24) is 19.6 Å². The largest absolute Gasteiger partial charge is 0.435 e. The molecule has 0 aliphatic heterocycles. The van der Waals surface area contributed by atoms with Crippen LogP contribution in [0.4, 0.5) is 13.2 Å². The average Bonchev–Trinajstić information content (AvgIpc) is 3.10. The molecule has 5 nitrogen and oxygen atoms in total. The average molecular weight is 370 g/mol. The molecular weight excluding hydrogens is 357 g/mol. The van der Waals surface area contributed by atoms with E-state index < -0.39 is 11.9 Å². The lowest BCUT2D eigenvalue weighted by Gasteiger charge is -2.09. The number of hydrogen-bond acceptors (Lipinski definition) is 4. The van der Waals surface area contributed by atoms with Gasteiger partial charge in [0.2, 0.25) is 0 Å². The van der Waals surface area contributed by atoms with E-state index in [4.69, 9.17) is 0 Å². The summed E-state index contributed by atoms with van der Waals surface area (Å²) >= 11 is 0. The van der Waals surface area contributed by atoms with Crippen LogP contribution < -0.4 is 0 Å². The molecule has 4 rings (SSSR count). The number of aliphatic hydroxyl groups is 1. The molecule has 0 aliphatic carbocycles.